The van der Waals surface area contributed by atoms with Crippen LogP contribution in [-0.4, -0.2) is 104 Å². The predicted octanol–water partition coefficient (Wildman–Crippen LogP) is 7.27. The van der Waals surface area contributed by atoms with Gasteiger partial charge in [0.05, 0.1) is 31.1 Å². The Morgan fingerprint density at radius 3 is 1.78 bits per heavy atom. The molecule has 3 aliphatic heterocycles. The topological polar surface area (TPSA) is 169 Å². The summed E-state index contributed by atoms with van der Waals surface area (Å²) < 4.78 is 4.79. The number of alkyl carbamates (subject to hydrolysis) is 1. The molecule has 2 aromatic heterocycles. The third-order valence-corrected chi connectivity index (χ3v) is 14.8. The molecule has 3 aliphatic carbocycles. The number of hydrogen-bond donors (Lipinski definition) is 4. The molecule has 4 N–H and O–H groups in total. The number of benzene rings is 1. The molecule has 0 unspecified atom stereocenters. The van der Waals surface area contributed by atoms with Crippen LogP contribution >= 0.6 is 0 Å². The zero-order chi connectivity index (χ0) is 42.2. The molecular formula is C46H65N9O5. The average Bonchev–Trinajstić information content (AvgIpc) is 4.12. The summed E-state index contributed by atoms with van der Waals surface area (Å²) in [6.07, 6.45) is 16.6. The van der Waals surface area contributed by atoms with Crippen LogP contribution in [0.2, 0.25) is 0 Å². The fraction of sp³-hybridized carbons (Fsp3) is 0.652. The summed E-state index contributed by atoms with van der Waals surface area (Å²) in [6, 6.07) is 7.34. The van der Waals surface area contributed by atoms with E-state index in [1.54, 1.807) is 0 Å². The fourth-order valence-corrected chi connectivity index (χ4v) is 11.0. The third-order valence-electron chi connectivity index (χ3n) is 14.8. The number of likely N-dealkylation sites (tertiary alicyclic amines) is 3. The normalized spacial score (nSPS) is 26.4. The summed E-state index contributed by atoms with van der Waals surface area (Å²) in [5, 5.41) is 5.83. The average molecular weight is 824 g/mol. The number of urea groups is 1. The molecule has 14 heteroatoms. The molecule has 0 radical (unpaired) electrons. The standard InChI is InChI=1S/C46H65N9O5/c1-29(2)37(51-43(58)53-23-7-6-8-24-53)41(56)55-26-10-12-35(55)40-48-28-36(50-40)46-20-17-45(18-21-46,19-22-46)32-15-13-31(14-16-32)33-27-47-39(49-33)34-11-9-25-54(34)42(57)38(30(3)4)52-44(59)60-5/h13-16,27-30,34-35,37-38H,6-12,17-26H2,1-5H3,(H,47,49)(H,48,50)(H,51,58)(H,52,59)/t34-,35-,37-,38-,45?,46?/m0/s1. The van der Waals surface area contributed by atoms with Gasteiger partial charge in [-0.1, -0.05) is 52.0 Å². The largest absolute Gasteiger partial charge is 0.453 e. The minimum Gasteiger partial charge on any atom is -0.453 e. The molecule has 3 saturated carbocycles. The van der Waals surface area contributed by atoms with Crippen LogP contribution in [0.25, 0.3) is 11.3 Å². The molecule has 4 atom stereocenters. The van der Waals surface area contributed by atoms with Crippen molar-refractivity contribution in [2.24, 2.45) is 11.8 Å². The number of aromatic nitrogens is 4. The van der Waals surface area contributed by atoms with E-state index >= 15 is 0 Å². The van der Waals surface area contributed by atoms with Crippen molar-refractivity contribution in [3.05, 3.63) is 59.6 Å². The number of hydrogen-bond acceptors (Lipinski definition) is 7. The van der Waals surface area contributed by atoms with E-state index in [1.807, 2.05) is 54.8 Å². The van der Waals surface area contributed by atoms with Crippen molar-refractivity contribution in [2.45, 2.75) is 146 Å². The molecular weight excluding hydrogens is 759 g/mol. The van der Waals surface area contributed by atoms with Crippen molar-refractivity contribution in [1.29, 1.82) is 0 Å². The van der Waals surface area contributed by atoms with Gasteiger partial charge in [0.1, 0.15) is 23.7 Å². The van der Waals surface area contributed by atoms with E-state index in [0.717, 1.165) is 119 Å². The summed E-state index contributed by atoms with van der Waals surface area (Å²) in [7, 11) is 1.31. The van der Waals surface area contributed by atoms with Gasteiger partial charge in [0.2, 0.25) is 11.8 Å². The maximum atomic E-state index is 14.1. The smallest absolute Gasteiger partial charge is 0.407 e. The van der Waals surface area contributed by atoms with Crippen molar-refractivity contribution < 1.29 is 23.9 Å². The van der Waals surface area contributed by atoms with Gasteiger partial charge in [0.15, 0.2) is 0 Å². The van der Waals surface area contributed by atoms with Crippen molar-refractivity contribution >= 4 is 23.9 Å². The molecule has 5 heterocycles. The second kappa shape index (κ2) is 17.2. The summed E-state index contributed by atoms with van der Waals surface area (Å²) in [6.45, 7) is 10.7. The monoisotopic (exact) mass is 824 g/mol. The maximum absolute atomic E-state index is 14.1. The maximum Gasteiger partial charge on any atom is 0.407 e. The number of methoxy groups -OCH3 is 1. The lowest BCUT2D eigenvalue weighted by atomic mass is 9.51. The lowest BCUT2D eigenvalue weighted by Crippen LogP contribution is -2.55. The van der Waals surface area contributed by atoms with Gasteiger partial charge >= 0.3 is 12.1 Å². The number of carbonyl (C=O) groups is 4. The molecule has 3 saturated heterocycles. The second-order valence-electron chi connectivity index (χ2n) is 19.0. The van der Waals surface area contributed by atoms with E-state index < -0.39 is 18.2 Å². The Hall–Kier alpha value is -4.88. The van der Waals surface area contributed by atoms with Gasteiger partial charge in [-0.3, -0.25) is 9.59 Å². The van der Waals surface area contributed by atoms with E-state index in [1.165, 1.54) is 18.4 Å². The Morgan fingerprint density at radius 2 is 1.22 bits per heavy atom. The number of fused-ring (bicyclic) bond motifs is 3. The number of nitrogens with one attached hydrogen (secondary N) is 4. The first-order valence-electron chi connectivity index (χ1n) is 22.6. The number of H-pyrrole nitrogens is 2. The minimum absolute atomic E-state index is 0.00772. The summed E-state index contributed by atoms with van der Waals surface area (Å²) in [5.41, 5.74) is 4.80. The number of aromatic amines is 2. The Bertz CT molecular complexity index is 1990. The molecule has 6 fully saturated rings. The Labute approximate surface area is 354 Å². The van der Waals surface area contributed by atoms with Crippen LogP contribution in [0.5, 0.6) is 0 Å². The zero-order valence-electron chi connectivity index (χ0n) is 36.2. The van der Waals surface area contributed by atoms with E-state index in [4.69, 9.17) is 14.7 Å². The molecule has 0 spiro atoms. The van der Waals surface area contributed by atoms with Crippen LogP contribution in [0.15, 0.2) is 36.7 Å². The highest BCUT2D eigenvalue weighted by Gasteiger charge is 2.51. The Balaban J connectivity index is 0.897. The summed E-state index contributed by atoms with van der Waals surface area (Å²) in [5.74, 6) is 1.40. The van der Waals surface area contributed by atoms with Crippen LogP contribution in [0.3, 0.4) is 0 Å². The SMILES string of the molecule is COC(=O)N[C@H](C(=O)N1CCC[C@H]1c1ncc(-c2ccc(C34CCC(c5cnc([C@@H]6CCCN6C(=O)[C@@H](NC(=O)N6CCCCC6)C(C)C)[nH]5)(CC3)CC4)cc2)[nH]1)C(C)C. The quantitative estimate of drug-likeness (QED) is 0.158. The second-order valence-corrected chi connectivity index (χ2v) is 19.0. The summed E-state index contributed by atoms with van der Waals surface area (Å²) >= 11 is 0. The third kappa shape index (κ3) is 8.02. The number of piperidine rings is 1. The minimum atomic E-state index is -0.671. The fourth-order valence-electron chi connectivity index (χ4n) is 11.0. The number of amides is 5. The van der Waals surface area contributed by atoms with Gasteiger partial charge in [-0.05, 0) is 112 Å². The van der Waals surface area contributed by atoms with E-state index in [9.17, 15) is 19.2 Å². The van der Waals surface area contributed by atoms with Crippen LogP contribution < -0.4 is 10.6 Å². The molecule has 60 heavy (non-hydrogen) atoms. The molecule has 1 aromatic carbocycles. The van der Waals surface area contributed by atoms with Crippen LogP contribution in [0, 0.1) is 11.8 Å². The van der Waals surface area contributed by atoms with Crippen molar-refractivity contribution in [3.63, 3.8) is 0 Å². The first kappa shape index (κ1) is 41.8. The van der Waals surface area contributed by atoms with Crippen LogP contribution in [0.4, 0.5) is 9.59 Å². The zero-order valence-corrected chi connectivity index (χ0v) is 36.2. The number of rotatable bonds is 11. The molecule has 2 bridgehead atoms. The Kier molecular flexibility index (Phi) is 12.0. The number of carbonyl (C=O) groups excluding carboxylic acids is 4. The summed E-state index contributed by atoms with van der Waals surface area (Å²) in [4.78, 5) is 75.5. The molecule has 324 valence electrons. The van der Waals surface area contributed by atoms with E-state index in [0.29, 0.717) is 13.1 Å². The van der Waals surface area contributed by atoms with E-state index in [-0.39, 0.29) is 52.6 Å². The number of imidazole rings is 2. The highest BCUT2D eigenvalue weighted by molar-refractivity contribution is 5.88. The number of ether oxygens (including phenoxy) is 1. The van der Waals surface area contributed by atoms with Gasteiger partial charge in [0, 0.05) is 43.5 Å². The van der Waals surface area contributed by atoms with Gasteiger partial charge in [0.25, 0.3) is 0 Å². The molecule has 9 rings (SSSR count). The highest BCUT2D eigenvalue weighted by Crippen LogP contribution is 2.58. The van der Waals surface area contributed by atoms with Gasteiger partial charge < -0.3 is 40.0 Å². The van der Waals surface area contributed by atoms with Crippen molar-refractivity contribution in [1.82, 2.24) is 45.3 Å². The van der Waals surface area contributed by atoms with Crippen molar-refractivity contribution in [3.8, 4) is 11.3 Å². The van der Waals surface area contributed by atoms with Crippen LogP contribution in [0.1, 0.15) is 146 Å². The Morgan fingerprint density at radius 1 is 0.683 bits per heavy atom. The highest BCUT2D eigenvalue weighted by atomic mass is 16.5. The van der Waals surface area contributed by atoms with Crippen molar-refractivity contribution in [2.75, 3.05) is 33.3 Å². The first-order valence-corrected chi connectivity index (χ1v) is 22.6. The van der Waals surface area contributed by atoms with Gasteiger partial charge in [-0.2, -0.15) is 0 Å². The lowest BCUT2D eigenvalue weighted by Gasteiger charge is -2.53. The molecule has 6 aliphatic rings. The molecule has 3 aromatic rings. The predicted molar refractivity (Wildman–Crippen MR) is 228 cm³/mol. The first-order chi connectivity index (χ1) is 28.9. The molecule has 5 amide bonds. The van der Waals surface area contributed by atoms with Crippen LogP contribution in [-0.2, 0) is 25.2 Å². The van der Waals surface area contributed by atoms with Gasteiger partial charge in [-0.15, -0.1) is 0 Å². The van der Waals surface area contributed by atoms with E-state index in [2.05, 4.69) is 44.9 Å². The van der Waals surface area contributed by atoms with Gasteiger partial charge in [-0.25, -0.2) is 19.6 Å². The lowest BCUT2D eigenvalue weighted by molar-refractivity contribution is -0.136. The molecule has 14 nitrogen and oxygen atoms in total. The number of nitrogens with zero attached hydrogens (tertiary/aromatic N) is 5.